The van der Waals surface area contributed by atoms with Crippen LogP contribution in [0.15, 0.2) is 0 Å². The van der Waals surface area contributed by atoms with E-state index in [1.165, 1.54) is 0 Å². The van der Waals surface area contributed by atoms with Gasteiger partial charge in [-0.15, -0.1) is 0 Å². The Hall–Kier alpha value is -0.0151. The molecule has 0 saturated carbocycles. The molecule has 2 nitrogen and oxygen atoms in total. The van der Waals surface area contributed by atoms with Gasteiger partial charge in [-0.05, 0) is 20.9 Å². The van der Waals surface area contributed by atoms with Gasteiger partial charge in [0.1, 0.15) is 0 Å². The normalized spacial score (nSPS) is 9.50. The first-order valence-corrected chi connectivity index (χ1v) is 1.99. The minimum absolute atomic E-state index is 0.315. The first-order valence-electron chi connectivity index (χ1n) is 1.99. The van der Waals surface area contributed by atoms with Crippen LogP contribution in [0.4, 0.5) is 0 Å². The lowest BCUT2D eigenvalue weighted by atomic mass is 9.87. The molecule has 0 unspecified atom stereocenters. The van der Waals surface area contributed by atoms with Crippen molar-refractivity contribution in [3.8, 4) is 0 Å². The highest BCUT2D eigenvalue weighted by atomic mass is 16.2. The van der Waals surface area contributed by atoms with Crippen molar-refractivity contribution < 1.29 is 5.02 Å². The highest BCUT2D eigenvalue weighted by Gasteiger charge is 2.01. The molecule has 0 amide bonds. The number of rotatable bonds is 1. The van der Waals surface area contributed by atoms with Crippen molar-refractivity contribution in [2.45, 2.75) is 6.82 Å². The fourth-order valence-electron chi connectivity index (χ4n) is 0. The summed E-state index contributed by atoms with van der Waals surface area (Å²) in [7, 11) is 3.33. The molecule has 0 spiro atoms. The van der Waals surface area contributed by atoms with Gasteiger partial charge in [0.15, 0.2) is 0 Å². The highest BCUT2D eigenvalue weighted by Crippen LogP contribution is 1.74. The van der Waals surface area contributed by atoms with Crippen molar-refractivity contribution in [3.63, 3.8) is 0 Å². The van der Waals surface area contributed by atoms with E-state index in [0.717, 1.165) is 0 Å². The molecular weight excluding hydrogens is 76.9 g/mol. The Balaban J connectivity index is 2.99. The summed E-state index contributed by atoms with van der Waals surface area (Å²) >= 11 is 0. The zero-order valence-electron chi connectivity index (χ0n) is 4.47. The summed E-state index contributed by atoms with van der Waals surface area (Å²) < 4.78 is 0. The van der Waals surface area contributed by atoms with Crippen LogP contribution in [0, 0.1) is 0 Å². The van der Waals surface area contributed by atoms with Gasteiger partial charge in [0, 0.05) is 0 Å². The average Bonchev–Trinajstić information content (AvgIpc) is 1.36. The average molecular weight is 86.9 g/mol. The molecule has 0 bridgehead atoms. The van der Waals surface area contributed by atoms with Crippen molar-refractivity contribution >= 4 is 7.05 Å². The minimum Gasteiger partial charge on any atom is -0.437 e. The summed E-state index contributed by atoms with van der Waals surface area (Å²) in [5, 5.41) is 8.56. The maximum Gasteiger partial charge on any atom is 0.375 e. The molecule has 0 aliphatic heterocycles. The van der Waals surface area contributed by atoms with Gasteiger partial charge in [0.05, 0.1) is 0 Å². The molecule has 0 radical (unpaired) electrons. The maximum atomic E-state index is 8.56. The predicted octanol–water partition coefficient (Wildman–Crippen LogP) is -0.342. The Morgan fingerprint density at radius 3 is 1.67 bits per heavy atom. The van der Waals surface area contributed by atoms with E-state index >= 15 is 0 Å². The summed E-state index contributed by atoms with van der Waals surface area (Å²) in [5.41, 5.74) is 0. The molecule has 3 heteroatoms. The molecule has 0 saturated heterocycles. The van der Waals surface area contributed by atoms with Gasteiger partial charge in [-0.2, -0.15) is 0 Å². The summed E-state index contributed by atoms with van der Waals surface area (Å²) in [6.45, 7) is 1.72. The smallest absolute Gasteiger partial charge is 0.375 e. The molecule has 0 rings (SSSR count). The molecule has 6 heavy (non-hydrogen) atoms. The lowest BCUT2D eigenvalue weighted by Gasteiger charge is -2.06. The van der Waals surface area contributed by atoms with E-state index in [2.05, 4.69) is 0 Å². The van der Waals surface area contributed by atoms with Gasteiger partial charge in [-0.3, -0.25) is 0 Å². The summed E-state index contributed by atoms with van der Waals surface area (Å²) in [4.78, 5) is 1.72. The molecular formula is C3H10BNO. The zero-order valence-corrected chi connectivity index (χ0v) is 4.47. The van der Waals surface area contributed by atoms with Crippen molar-refractivity contribution in [2.24, 2.45) is 0 Å². The predicted molar refractivity (Wildman–Crippen MR) is 27.5 cm³/mol. The molecule has 0 aromatic carbocycles. The van der Waals surface area contributed by atoms with Gasteiger partial charge >= 0.3 is 7.05 Å². The van der Waals surface area contributed by atoms with Crippen molar-refractivity contribution in [1.29, 1.82) is 0 Å². The van der Waals surface area contributed by atoms with Gasteiger partial charge < -0.3 is 9.83 Å². The summed E-state index contributed by atoms with van der Waals surface area (Å²) in [5.74, 6) is 0. The van der Waals surface area contributed by atoms with Crippen LogP contribution in [0.3, 0.4) is 0 Å². The molecule has 0 atom stereocenters. The molecule has 0 aliphatic carbocycles. The Labute approximate surface area is 38.9 Å². The first kappa shape index (κ1) is 5.98. The molecule has 0 fully saturated rings. The second-order valence-corrected chi connectivity index (χ2v) is 1.60. The fourth-order valence-corrected chi connectivity index (χ4v) is 0. The topological polar surface area (TPSA) is 23.5 Å². The molecule has 0 aromatic heterocycles. The number of hydrogen-bond acceptors (Lipinski definition) is 2. The molecule has 0 aliphatic rings. The van der Waals surface area contributed by atoms with E-state index in [1.54, 1.807) is 11.6 Å². The first-order chi connectivity index (χ1) is 2.64. The Kier molecular flexibility index (Phi) is 2.20. The Bertz CT molecular complexity index is 31.8. The van der Waals surface area contributed by atoms with Gasteiger partial charge in [0.25, 0.3) is 0 Å². The second kappa shape index (κ2) is 2.21. The van der Waals surface area contributed by atoms with Crippen molar-refractivity contribution in [3.05, 3.63) is 0 Å². The van der Waals surface area contributed by atoms with Crippen LogP contribution in [0.25, 0.3) is 0 Å². The summed E-state index contributed by atoms with van der Waals surface area (Å²) in [6, 6.07) is 0. The van der Waals surface area contributed by atoms with Crippen molar-refractivity contribution in [2.75, 3.05) is 14.1 Å². The summed E-state index contributed by atoms with van der Waals surface area (Å²) in [6.07, 6.45) is 0. The maximum absolute atomic E-state index is 8.56. The SMILES string of the molecule is CB(O)N(C)C. The van der Waals surface area contributed by atoms with Crippen molar-refractivity contribution in [1.82, 2.24) is 4.81 Å². The number of nitrogens with zero attached hydrogens (tertiary/aromatic N) is 1. The fraction of sp³-hybridized carbons (Fsp3) is 1.00. The standard InChI is InChI=1S/C3H10BNO/c1-4(6)5(2)3/h6H,1-3H3. The second-order valence-electron chi connectivity index (χ2n) is 1.60. The van der Waals surface area contributed by atoms with E-state index in [9.17, 15) is 0 Å². The molecule has 0 heterocycles. The lowest BCUT2D eigenvalue weighted by Crippen LogP contribution is -2.28. The van der Waals surface area contributed by atoms with Crippen LogP contribution in [-0.4, -0.2) is 31.0 Å². The minimum atomic E-state index is -0.315. The molecule has 1 N–H and O–H groups in total. The van der Waals surface area contributed by atoms with Crippen LogP contribution in [0.2, 0.25) is 6.82 Å². The van der Waals surface area contributed by atoms with Crippen LogP contribution in [-0.2, 0) is 0 Å². The van der Waals surface area contributed by atoms with Gasteiger partial charge in [-0.25, -0.2) is 0 Å². The van der Waals surface area contributed by atoms with Gasteiger partial charge in [0.2, 0.25) is 0 Å². The largest absolute Gasteiger partial charge is 0.437 e. The molecule has 36 valence electrons. The van der Waals surface area contributed by atoms with Crippen LogP contribution < -0.4 is 0 Å². The third-order valence-electron chi connectivity index (χ3n) is 0.747. The van der Waals surface area contributed by atoms with E-state index in [4.69, 9.17) is 5.02 Å². The highest BCUT2D eigenvalue weighted by molar-refractivity contribution is 6.45. The monoisotopic (exact) mass is 87.1 g/mol. The van der Waals surface area contributed by atoms with Crippen LogP contribution in [0.5, 0.6) is 0 Å². The van der Waals surface area contributed by atoms with E-state index < -0.39 is 0 Å². The molecule has 0 aromatic rings. The lowest BCUT2D eigenvalue weighted by molar-refractivity contribution is 0.469. The Morgan fingerprint density at radius 1 is 1.50 bits per heavy atom. The van der Waals surface area contributed by atoms with Gasteiger partial charge in [-0.1, -0.05) is 0 Å². The third kappa shape index (κ3) is 2.24. The van der Waals surface area contributed by atoms with E-state index in [-0.39, 0.29) is 7.05 Å². The van der Waals surface area contributed by atoms with E-state index in [1.807, 2.05) is 14.1 Å². The van der Waals surface area contributed by atoms with E-state index in [0.29, 0.717) is 0 Å². The zero-order chi connectivity index (χ0) is 5.15. The number of hydrogen-bond donors (Lipinski definition) is 1. The van der Waals surface area contributed by atoms with Crippen LogP contribution >= 0.6 is 0 Å². The van der Waals surface area contributed by atoms with Crippen LogP contribution in [0.1, 0.15) is 0 Å². The quantitative estimate of drug-likeness (QED) is 0.442. The third-order valence-corrected chi connectivity index (χ3v) is 0.747. The Morgan fingerprint density at radius 2 is 1.67 bits per heavy atom.